The zero-order chi connectivity index (χ0) is 16.0. The van der Waals surface area contributed by atoms with Crippen LogP contribution in [-0.4, -0.2) is 65.3 Å². The summed E-state index contributed by atoms with van der Waals surface area (Å²) in [6, 6.07) is -0.972. The summed E-state index contributed by atoms with van der Waals surface area (Å²) in [6.45, 7) is -0.757. The maximum absolute atomic E-state index is 11.9. The van der Waals surface area contributed by atoms with Crippen LogP contribution in [0.1, 0.15) is 0 Å². The first kappa shape index (κ1) is 17.2. The van der Waals surface area contributed by atoms with Gasteiger partial charge >= 0.3 is 12.2 Å². The molecule has 0 aromatic carbocycles. The number of hydrogen-bond acceptors (Lipinski definition) is 4. The number of carbonyl (C=O) groups excluding carboxylic acids is 1. The lowest BCUT2D eigenvalue weighted by Gasteiger charge is -2.15. The minimum Gasteiger partial charge on any atom is -0.390 e. The molecule has 1 rings (SSSR count). The van der Waals surface area contributed by atoms with Gasteiger partial charge in [0.2, 0.25) is 0 Å². The first-order chi connectivity index (χ1) is 9.65. The van der Waals surface area contributed by atoms with Crippen molar-refractivity contribution in [3.8, 4) is 0 Å². The molecule has 0 fully saturated rings. The summed E-state index contributed by atoms with van der Waals surface area (Å²) >= 11 is 0. The molecule has 7 nitrogen and oxygen atoms in total. The van der Waals surface area contributed by atoms with Crippen molar-refractivity contribution in [1.82, 2.24) is 20.0 Å². The van der Waals surface area contributed by atoms with Crippen LogP contribution in [0.3, 0.4) is 0 Å². The molecule has 0 saturated carbocycles. The fourth-order valence-corrected chi connectivity index (χ4v) is 1.58. The minimum absolute atomic E-state index is 0.212. The zero-order valence-electron chi connectivity index (χ0n) is 11.7. The molecule has 1 heterocycles. The summed E-state index contributed by atoms with van der Waals surface area (Å²) in [5.74, 6) is 0. The highest BCUT2D eigenvalue weighted by atomic mass is 19.4. The summed E-state index contributed by atoms with van der Waals surface area (Å²) in [5, 5.41) is 17.5. The van der Waals surface area contributed by atoms with Crippen molar-refractivity contribution in [2.24, 2.45) is 0 Å². The fraction of sp³-hybridized carbons (Fsp3) is 0.636. The maximum Gasteiger partial charge on any atom is 0.405 e. The number of hydrogen-bond donors (Lipinski definition) is 3. The van der Waals surface area contributed by atoms with Crippen molar-refractivity contribution in [2.45, 2.75) is 18.8 Å². The number of aliphatic hydroxyl groups is 1. The lowest BCUT2D eigenvalue weighted by molar-refractivity contribution is -0.122. The number of nitrogens with zero attached hydrogens (tertiary/aromatic N) is 3. The quantitative estimate of drug-likeness (QED) is 0.714. The van der Waals surface area contributed by atoms with Crippen LogP contribution in [0.5, 0.6) is 0 Å². The standard InChI is InChI=1S/C11H18F3N5O2/c1-18(2)5-9(20)6-19-4-8(3-16-19)17-10(21)15-7-11(12,13)14/h3-4,9,20H,5-7H2,1-2H3,(H2,15,17,21). The number of urea groups is 1. The molecule has 1 atom stereocenters. The van der Waals surface area contributed by atoms with E-state index in [-0.39, 0.29) is 12.2 Å². The van der Waals surface area contributed by atoms with Crippen LogP contribution < -0.4 is 10.6 Å². The highest BCUT2D eigenvalue weighted by molar-refractivity contribution is 5.88. The first-order valence-corrected chi connectivity index (χ1v) is 6.12. The molecule has 120 valence electrons. The summed E-state index contributed by atoms with van der Waals surface area (Å²) < 4.78 is 37.1. The second kappa shape index (κ2) is 7.27. The second-order valence-corrected chi connectivity index (χ2v) is 4.79. The molecule has 1 unspecified atom stereocenters. The fourth-order valence-electron chi connectivity index (χ4n) is 1.58. The van der Waals surface area contributed by atoms with Crippen LogP contribution in [0, 0.1) is 0 Å². The SMILES string of the molecule is CN(C)CC(O)Cn1cc(NC(=O)NCC(F)(F)F)cn1. The van der Waals surface area contributed by atoms with Crippen molar-refractivity contribution in [2.75, 3.05) is 32.5 Å². The molecule has 2 amide bonds. The molecule has 10 heteroatoms. The summed E-state index contributed by atoms with van der Waals surface area (Å²) in [6.07, 6.45) is -2.40. The molecular formula is C11H18F3N5O2. The Kier molecular flexibility index (Phi) is 5.97. The van der Waals surface area contributed by atoms with Crippen molar-refractivity contribution in [3.05, 3.63) is 12.4 Å². The number of anilines is 1. The Bertz CT molecular complexity index is 461. The number of rotatable bonds is 6. The summed E-state index contributed by atoms with van der Waals surface area (Å²) in [5.41, 5.74) is 0.242. The highest BCUT2D eigenvalue weighted by Crippen LogP contribution is 2.12. The van der Waals surface area contributed by atoms with Gasteiger partial charge in [-0.25, -0.2) is 4.79 Å². The minimum atomic E-state index is -4.46. The molecule has 0 radical (unpaired) electrons. The molecule has 0 spiro atoms. The number of aromatic nitrogens is 2. The first-order valence-electron chi connectivity index (χ1n) is 6.12. The lowest BCUT2D eigenvalue weighted by Crippen LogP contribution is -2.36. The normalized spacial score (nSPS) is 13.3. The van der Waals surface area contributed by atoms with E-state index in [1.165, 1.54) is 17.1 Å². The molecule has 1 aromatic heterocycles. The van der Waals surface area contributed by atoms with Crippen molar-refractivity contribution in [1.29, 1.82) is 0 Å². The van der Waals surface area contributed by atoms with E-state index in [4.69, 9.17) is 0 Å². The molecule has 0 bridgehead atoms. The van der Waals surface area contributed by atoms with E-state index in [2.05, 4.69) is 10.4 Å². The van der Waals surface area contributed by atoms with Crippen molar-refractivity contribution >= 4 is 11.7 Å². The van der Waals surface area contributed by atoms with Crippen LogP contribution in [0.2, 0.25) is 0 Å². The van der Waals surface area contributed by atoms with E-state index >= 15 is 0 Å². The van der Waals surface area contributed by atoms with Crippen LogP contribution in [0.15, 0.2) is 12.4 Å². The number of carbonyl (C=O) groups is 1. The Hall–Kier alpha value is -1.81. The third kappa shape index (κ3) is 7.51. The van der Waals surface area contributed by atoms with E-state index in [1.54, 1.807) is 10.2 Å². The average Bonchev–Trinajstić information content (AvgIpc) is 2.71. The van der Waals surface area contributed by atoms with Crippen LogP contribution >= 0.6 is 0 Å². The third-order valence-electron chi connectivity index (χ3n) is 2.31. The van der Waals surface area contributed by atoms with Gasteiger partial charge in [0.15, 0.2) is 0 Å². The molecule has 1 aromatic rings. The van der Waals surface area contributed by atoms with E-state index in [1.807, 2.05) is 14.1 Å². The number of aliphatic hydroxyl groups excluding tert-OH is 1. The van der Waals surface area contributed by atoms with E-state index in [9.17, 15) is 23.1 Å². The third-order valence-corrected chi connectivity index (χ3v) is 2.31. The second-order valence-electron chi connectivity index (χ2n) is 4.79. The van der Waals surface area contributed by atoms with Gasteiger partial charge in [-0.15, -0.1) is 0 Å². The van der Waals surface area contributed by atoms with E-state index in [0.29, 0.717) is 6.54 Å². The Morgan fingerprint density at radius 3 is 2.76 bits per heavy atom. The lowest BCUT2D eigenvalue weighted by atomic mass is 10.3. The Labute approximate surface area is 119 Å². The number of amides is 2. The van der Waals surface area contributed by atoms with Gasteiger partial charge in [-0.05, 0) is 14.1 Å². The Balaban J connectivity index is 2.43. The largest absolute Gasteiger partial charge is 0.405 e. The predicted molar refractivity (Wildman–Crippen MR) is 69.9 cm³/mol. The van der Waals surface area contributed by atoms with Gasteiger partial charge in [-0.2, -0.15) is 18.3 Å². The predicted octanol–water partition coefficient (Wildman–Crippen LogP) is 0.489. The number of alkyl halides is 3. The van der Waals surface area contributed by atoms with Crippen molar-refractivity contribution < 1.29 is 23.1 Å². The molecule has 0 saturated heterocycles. The van der Waals surface area contributed by atoms with Gasteiger partial charge in [-0.3, -0.25) is 4.68 Å². The van der Waals surface area contributed by atoms with Crippen molar-refractivity contribution in [3.63, 3.8) is 0 Å². The molecular weight excluding hydrogens is 291 g/mol. The molecule has 0 aliphatic heterocycles. The van der Waals surface area contributed by atoms with Gasteiger partial charge < -0.3 is 20.6 Å². The number of likely N-dealkylation sites (N-methyl/N-ethyl adjacent to an activating group) is 1. The zero-order valence-corrected chi connectivity index (χ0v) is 11.7. The van der Waals surface area contributed by atoms with Gasteiger partial charge in [0.25, 0.3) is 0 Å². The van der Waals surface area contributed by atoms with Gasteiger partial charge in [0.05, 0.1) is 24.5 Å². The molecule has 21 heavy (non-hydrogen) atoms. The van der Waals surface area contributed by atoms with E-state index < -0.39 is 24.9 Å². The van der Waals surface area contributed by atoms with E-state index in [0.717, 1.165) is 0 Å². The molecule has 0 aliphatic carbocycles. The summed E-state index contributed by atoms with van der Waals surface area (Å²) in [7, 11) is 3.62. The van der Waals surface area contributed by atoms with Gasteiger partial charge in [-0.1, -0.05) is 0 Å². The maximum atomic E-state index is 11.9. The average molecular weight is 309 g/mol. The number of nitrogens with one attached hydrogen (secondary N) is 2. The molecule has 0 aliphatic rings. The highest BCUT2D eigenvalue weighted by Gasteiger charge is 2.27. The van der Waals surface area contributed by atoms with Gasteiger partial charge in [0.1, 0.15) is 6.54 Å². The summed E-state index contributed by atoms with van der Waals surface area (Å²) in [4.78, 5) is 13.0. The monoisotopic (exact) mass is 309 g/mol. The number of halogens is 3. The Morgan fingerprint density at radius 1 is 1.52 bits per heavy atom. The molecule has 3 N–H and O–H groups in total. The van der Waals surface area contributed by atoms with Crippen LogP contribution in [0.25, 0.3) is 0 Å². The van der Waals surface area contributed by atoms with Crippen LogP contribution in [-0.2, 0) is 6.54 Å². The van der Waals surface area contributed by atoms with Crippen LogP contribution in [0.4, 0.5) is 23.7 Å². The van der Waals surface area contributed by atoms with Gasteiger partial charge in [0, 0.05) is 12.7 Å². The smallest absolute Gasteiger partial charge is 0.390 e. The Morgan fingerprint density at radius 2 is 2.19 bits per heavy atom. The topological polar surface area (TPSA) is 82.4 Å².